The van der Waals surface area contributed by atoms with Crippen molar-refractivity contribution in [3.8, 4) is 0 Å². The van der Waals surface area contributed by atoms with Crippen LogP contribution in [0.5, 0.6) is 0 Å². The highest BCUT2D eigenvalue weighted by atomic mass is 32.2. The highest BCUT2D eigenvalue weighted by Crippen LogP contribution is 2.25. The summed E-state index contributed by atoms with van der Waals surface area (Å²) in [6, 6.07) is 0. The lowest BCUT2D eigenvalue weighted by Crippen LogP contribution is -2.29. The summed E-state index contributed by atoms with van der Waals surface area (Å²) in [6.07, 6.45) is 0. The number of nitrogens with two attached hydrogens (primary N) is 1. The summed E-state index contributed by atoms with van der Waals surface area (Å²) in [5.74, 6) is 0. The van der Waals surface area contributed by atoms with Gasteiger partial charge < -0.3 is 15.8 Å². The van der Waals surface area contributed by atoms with Crippen LogP contribution in [0.15, 0.2) is 0 Å². The van der Waals surface area contributed by atoms with Crippen molar-refractivity contribution in [3.63, 3.8) is 0 Å². The Kier molecular flexibility index (Phi) is 4.22. The van der Waals surface area contributed by atoms with Gasteiger partial charge in [0.15, 0.2) is 0 Å². The highest BCUT2D eigenvalue weighted by Gasteiger charge is 2.21. The smallest absolute Gasteiger partial charge is 0.100 e. The van der Waals surface area contributed by atoms with E-state index in [1.165, 1.54) is 0 Å². The van der Waals surface area contributed by atoms with Gasteiger partial charge in [-0.25, -0.2) is 0 Å². The number of rotatable bonds is 4. The molecule has 11 heavy (non-hydrogen) atoms. The van der Waals surface area contributed by atoms with Crippen molar-refractivity contribution in [3.05, 3.63) is 0 Å². The largest absolute Gasteiger partial charge is 0.367 e. The van der Waals surface area contributed by atoms with Crippen LogP contribution in [0.2, 0.25) is 0 Å². The molecule has 0 amide bonds. The number of ether oxygens (including phenoxy) is 1. The van der Waals surface area contributed by atoms with Crippen LogP contribution in [0, 0.1) is 0 Å². The average Bonchev–Trinajstić information content (AvgIpc) is 2.37. The highest BCUT2D eigenvalue weighted by molar-refractivity contribution is 8.00. The lowest BCUT2D eigenvalue weighted by molar-refractivity contribution is 0.145. The molecule has 1 aliphatic heterocycles. The van der Waals surface area contributed by atoms with Gasteiger partial charge in [0.1, 0.15) is 5.44 Å². The topological polar surface area (TPSA) is 47.3 Å². The minimum absolute atomic E-state index is 0.375. The Morgan fingerprint density at radius 2 is 2.55 bits per heavy atom. The van der Waals surface area contributed by atoms with Crippen LogP contribution in [0.3, 0.4) is 0 Å². The van der Waals surface area contributed by atoms with Gasteiger partial charge in [0.25, 0.3) is 0 Å². The van der Waals surface area contributed by atoms with Gasteiger partial charge in [0.2, 0.25) is 0 Å². The van der Waals surface area contributed by atoms with Gasteiger partial charge >= 0.3 is 0 Å². The Bertz CT molecular complexity index is 113. The molecule has 0 aromatic rings. The number of hydrogen-bond acceptors (Lipinski definition) is 4. The maximum atomic E-state index is 5.39. The molecule has 1 saturated heterocycles. The van der Waals surface area contributed by atoms with Crippen molar-refractivity contribution in [2.45, 2.75) is 17.6 Å². The van der Waals surface area contributed by atoms with Gasteiger partial charge in [-0.3, -0.25) is 0 Å². The van der Waals surface area contributed by atoms with E-state index < -0.39 is 0 Å². The van der Waals surface area contributed by atoms with Crippen molar-refractivity contribution in [2.75, 3.05) is 26.2 Å². The van der Waals surface area contributed by atoms with Crippen LogP contribution in [0.1, 0.15) is 6.92 Å². The summed E-state index contributed by atoms with van der Waals surface area (Å²) in [5.41, 5.74) is 5.71. The fraction of sp³-hybridized carbons (Fsp3) is 1.00. The van der Waals surface area contributed by atoms with Crippen LogP contribution in [-0.4, -0.2) is 36.9 Å². The van der Waals surface area contributed by atoms with Gasteiger partial charge in [-0.15, -0.1) is 11.8 Å². The molecule has 0 spiro atoms. The fourth-order valence-corrected chi connectivity index (χ4v) is 2.13. The molecule has 0 aromatic carbocycles. The summed E-state index contributed by atoms with van der Waals surface area (Å²) in [5, 5.41) is 3.89. The van der Waals surface area contributed by atoms with E-state index in [4.69, 9.17) is 10.5 Å². The van der Waals surface area contributed by atoms with E-state index in [0.29, 0.717) is 17.2 Å². The van der Waals surface area contributed by atoms with E-state index in [1.54, 1.807) is 0 Å². The summed E-state index contributed by atoms with van der Waals surface area (Å²) >= 11 is 1.89. The van der Waals surface area contributed by atoms with Crippen molar-refractivity contribution in [1.82, 2.24) is 5.32 Å². The van der Waals surface area contributed by atoms with Crippen LogP contribution < -0.4 is 11.1 Å². The van der Waals surface area contributed by atoms with Crippen molar-refractivity contribution >= 4 is 11.8 Å². The van der Waals surface area contributed by atoms with Gasteiger partial charge in [0.05, 0.1) is 6.61 Å². The maximum absolute atomic E-state index is 5.39. The molecule has 2 atom stereocenters. The SMILES string of the molecule is CC1OCC(CNCCN)S1. The van der Waals surface area contributed by atoms with E-state index in [0.717, 1.165) is 19.7 Å². The molecule has 1 rings (SSSR count). The van der Waals surface area contributed by atoms with Crippen LogP contribution in [0.25, 0.3) is 0 Å². The molecule has 0 radical (unpaired) electrons. The minimum atomic E-state index is 0.375. The predicted octanol–water partition coefficient (Wildman–Crippen LogP) is 0.0127. The summed E-state index contributed by atoms with van der Waals surface area (Å²) in [7, 11) is 0. The Labute approximate surface area is 72.0 Å². The third-order valence-corrected chi connectivity index (χ3v) is 2.80. The standard InChI is InChI=1S/C7H16N2OS/c1-6-10-5-7(11-6)4-9-3-2-8/h6-7,9H,2-5,8H2,1H3. The predicted molar refractivity (Wildman–Crippen MR) is 48.7 cm³/mol. The van der Waals surface area contributed by atoms with Crippen LogP contribution in [-0.2, 0) is 4.74 Å². The zero-order valence-electron chi connectivity index (χ0n) is 6.88. The van der Waals surface area contributed by atoms with Gasteiger partial charge in [-0.1, -0.05) is 0 Å². The molecule has 66 valence electrons. The first-order chi connectivity index (χ1) is 5.33. The van der Waals surface area contributed by atoms with Gasteiger partial charge in [0, 0.05) is 24.9 Å². The Morgan fingerprint density at radius 3 is 3.09 bits per heavy atom. The first-order valence-electron chi connectivity index (χ1n) is 4.00. The molecule has 0 bridgehead atoms. The van der Waals surface area contributed by atoms with E-state index in [-0.39, 0.29) is 0 Å². The molecule has 0 aliphatic carbocycles. The van der Waals surface area contributed by atoms with Crippen molar-refractivity contribution < 1.29 is 4.74 Å². The third kappa shape index (κ3) is 3.42. The molecule has 0 saturated carbocycles. The van der Waals surface area contributed by atoms with E-state index in [1.807, 2.05) is 11.8 Å². The molecule has 3 nitrogen and oxygen atoms in total. The zero-order chi connectivity index (χ0) is 8.10. The summed E-state index contributed by atoms with van der Waals surface area (Å²) in [6.45, 7) is 5.61. The van der Waals surface area contributed by atoms with Crippen LogP contribution in [0.4, 0.5) is 0 Å². The third-order valence-electron chi connectivity index (χ3n) is 1.59. The molecule has 4 heteroatoms. The molecule has 1 heterocycles. The van der Waals surface area contributed by atoms with Gasteiger partial charge in [-0.05, 0) is 6.92 Å². The summed E-state index contributed by atoms with van der Waals surface area (Å²) < 4.78 is 5.39. The van der Waals surface area contributed by atoms with Gasteiger partial charge in [-0.2, -0.15) is 0 Å². The van der Waals surface area contributed by atoms with E-state index >= 15 is 0 Å². The second kappa shape index (κ2) is 4.98. The lowest BCUT2D eigenvalue weighted by Gasteiger charge is -2.07. The second-order valence-corrected chi connectivity index (χ2v) is 4.25. The number of thioether (sulfide) groups is 1. The molecular weight excluding hydrogens is 160 g/mol. The average molecular weight is 176 g/mol. The van der Waals surface area contributed by atoms with Crippen LogP contribution >= 0.6 is 11.8 Å². The molecular formula is C7H16N2OS. The molecule has 1 fully saturated rings. The summed E-state index contributed by atoms with van der Waals surface area (Å²) in [4.78, 5) is 0. The maximum Gasteiger partial charge on any atom is 0.100 e. The quantitative estimate of drug-likeness (QED) is 0.593. The van der Waals surface area contributed by atoms with E-state index in [9.17, 15) is 0 Å². The molecule has 3 N–H and O–H groups in total. The number of nitrogens with one attached hydrogen (secondary N) is 1. The monoisotopic (exact) mass is 176 g/mol. The van der Waals surface area contributed by atoms with Crippen molar-refractivity contribution in [2.24, 2.45) is 5.73 Å². The molecule has 1 aliphatic rings. The molecule has 0 aromatic heterocycles. The Balaban J connectivity index is 1.99. The number of hydrogen-bond donors (Lipinski definition) is 2. The first kappa shape index (κ1) is 9.32. The second-order valence-electron chi connectivity index (χ2n) is 2.65. The first-order valence-corrected chi connectivity index (χ1v) is 4.95. The van der Waals surface area contributed by atoms with E-state index in [2.05, 4.69) is 12.2 Å². The Hall–Kier alpha value is 0.230. The van der Waals surface area contributed by atoms with Crippen molar-refractivity contribution in [1.29, 1.82) is 0 Å². The molecule has 2 unspecified atom stereocenters. The lowest BCUT2D eigenvalue weighted by atomic mass is 10.4. The minimum Gasteiger partial charge on any atom is -0.367 e. The zero-order valence-corrected chi connectivity index (χ0v) is 7.69. The fourth-order valence-electron chi connectivity index (χ4n) is 1.06. The Morgan fingerprint density at radius 1 is 1.73 bits per heavy atom. The normalized spacial score (nSPS) is 31.1.